The Kier molecular flexibility index (Phi) is 5.50. The van der Waals surface area contributed by atoms with E-state index in [9.17, 15) is 22.4 Å². The average Bonchev–Trinajstić information content (AvgIpc) is 2.36. The SMILES string of the molecule is CC(CCCN)C(=O)Nc1ccc(F)c(C(F)(F)F)c1. The van der Waals surface area contributed by atoms with Gasteiger partial charge in [0.2, 0.25) is 5.91 Å². The summed E-state index contributed by atoms with van der Waals surface area (Å²) in [7, 11) is 0. The van der Waals surface area contributed by atoms with Crippen LogP contribution in [0.2, 0.25) is 0 Å². The largest absolute Gasteiger partial charge is 0.419 e. The summed E-state index contributed by atoms with van der Waals surface area (Å²) >= 11 is 0. The summed E-state index contributed by atoms with van der Waals surface area (Å²) in [5.74, 6) is -2.16. The van der Waals surface area contributed by atoms with Crippen LogP contribution >= 0.6 is 0 Å². The zero-order chi connectivity index (χ0) is 15.3. The number of amides is 1. The minimum atomic E-state index is -4.80. The Morgan fingerprint density at radius 2 is 2.05 bits per heavy atom. The standard InChI is InChI=1S/C13H16F4N2O/c1-8(3-2-6-18)12(20)19-9-4-5-11(14)10(7-9)13(15,16)17/h4-5,7-8H,2-3,6,18H2,1H3,(H,19,20). The predicted octanol–water partition coefficient (Wildman–Crippen LogP) is 3.16. The molecule has 1 rings (SSSR count). The highest BCUT2D eigenvalue weighted by atomic mass is 19.4. The highest BCUT2D eigenvalue weighted by molar-refractivity contribution is 5.92. The van der Waals surface area contributed by atoms with E-state index in [0.29, 0.717) is 31.5 Å². The van der Waals surface area contributed by atoms with Crippen LogP contribution in [0.25, 0.3) is 0 Å². The van der Waals surface area contributed by atoms with Crippen LogP contribution in [-0.2, 0) is 11.0 Å². The fraction of sp³-hybridized carbons (Fsp3) is 0.462. The molecule has 0 aromatic heterocycles. The van der Waals surface area contributed by atoms with Gasteiger partial charge in [0.1, 0.15) is 5.82 Å². The van der Waals surface area contributed by atoms with Crippen LogP contribution < -0.4 is 11.1 Å². The van der Waals surface area contributed by atoms with Gasteiger partial charge in [0.25, 0.3) is 0 Å². The second-order valence-corrected chi connectivity index (χ2v) is 4.51. The molecule has 20 heavy (non-hydrogen) atoms. The number of anilines is 1. The van der Waals surface area contributed by atoms with Gasteiger partial charge in [-0.05, 0) is 37.6 Å². The van der Waals surface area contributed by atoms with E-state index < -0.39 is 23.5 Å². The lowest BCUT2D eigenvalue weighted by Crippen LogP contribution is -2.21. The molecule has 0 radical (unpaired) electrons. The van der Waals surface area contributed by atoms with E-state index in [1.165, 1.54) is 0 Å². The van der Waals surface area contributed by atoms with E-state index in [1.54, 1.807) is 6.92 Å². The number of hydrogen-bond donors (Lipinski definition) is 2. The van der Waals surface area contributed by atoms with Crippen molar-refractivity contribution in [1.82, 2.24) is 0 Å². The summed E-state index contributed by atoms with van der Waals surface area (Å²) < 4.78 is 50.7. The molecule has 0 spiro atoms. The first-order chi connectivity index (χ1) is 9.25. The van der Waals surface area contributed by atoms with Gasteiger partial charge in [-0.2, -0.15) is 13.2 Å². The van der Waals surface area contributed by atoms with Crippen molar-refractivity contribution >= 4 is 11.6 Å². The van der Waals surface area contributed by atoms with Gasteiger partial charge < -0.3 is 11.1 Å². The van der Waals surface area contributed by atoms with E-state index in [1.807, 2.05) is 0 Å². The molecule has 1 aromatic rings. The second kappa shape index (κ2) is 6.69. The van der Waals surface area contributed by atoms with Crippen LogP contribution in [0.1, 0.15) is 25.3 Å². The molecule has 1 unspecified atom stereocenters. The zero-order valence-corrected chi connectivity index (χ0v) is 10.9. The zero-order valence-electron chi connectivity index (χ0n) is 10.9. The quantitative estimate of drug-likeness (QED) is 0.819. The molecule has 3 nitrogen and oxygen atoms in total. The Bertz CT molecular complexity index is 474. The Balaban J connectivity index is 2.81. The Labute approximate surface area is 114 Å². The van der Waals surface area contributed by atoms with Gasteiger partial charge in [0.15, 0.2) is 0 Å². The molecule has 0 saturated heterocycles. The summed E-state index contributed by atoms with van der Waals surface area (Å²) in [6.45, 7) is 2.09. The maximum atomic E-state index is 13.1. The maximum Gasteiger partial charge on any atom is 0.419 e. The number of hydrogen-bond acceptors (Lipinski definition) is 2. The van der Waals surface area contributed by atoms with Crippen LogP contribution in [0.3, 0.4) is 0 Å². The van der Waals surface area contributed by atoms with Crippen molar-refractivity contribution in [1.29, 1.82) is 0 Å². The van der Waals surface area contributed by atoms with Crippen LogP contribution in [-0.4, -0.2) is 12.5 Å². The molecule has 3 N–H and O–H groups in total. The van der Waals surface area contributed by atoms with Gasteiger partial charge in [0.05, 0.1) is 5.56 Å². The minimum absolute atomic E-state index is 0.0803. The molecule has 0 bridgehead atoms. The van der Waals surface area contributed by atoms with Crippen molar-refractivity contribution in [3.63, 3.8) is 0 Å². The van der Waals surface area contributed by atoms with Gasteiger partial charge in [-0.15, -0.1) is 0 Å². The lowest BCUT2D eigenvalue weighted by atomic mass is 10.0. The topological polar surface area (TPSA) is 55.1 Å². The molecule has 0 saturated carbocycles. The van der Waals surface area contributed by atoms with Gasteiger partial charge in [-0.1, -0.05) is 6.92 Å². The summed E-state index contributed by atoms with van der Waals surface area (Å²) in [6.07, 6.45) is -3.61. The molecule has 112 valence electrons. The number of carbonyl (C=O) groups is 1. The van der Waals surface area contributed by atoms with Gasteiger partial charge >= 0.3 is 6.18 Å². The number of halogens is 4. The summed E-state index contributed by atoms with van der Waals surface area (Å²) in [6, 6.07) is 2.37. The third kappa shape index (κ3) is 4.48. The summed E-state index contributed by atoms with van der Waals surface area (Å²) in [5, 5.41) is 2.34. The fourth-order valence-corrected chi connectivity index (χ4v) is 1.64. The lowest BCUT2D eigenvalue weighted by Gasteiger charge is -2.14. The van der Waals surface area contributed by atoms with Crippen molar-refractivity contribution in [2.45, 2.75) is 25.9 Å². The Morgan fingerprint density at radius 3 is 2.60 bits per heavy atom. The van der Waals surface area contributed by atoms with E-state index in [2.05, 4.69) is 5.32 Å². The van der Waals surface area contributed by atoms with Crippen molar-refractivity contribution in [2.75, 3.05) is 11.9 Å². The van der Waals surface area contributed by atoms with Crippen LogP contribution in [0.15, 0.2) is 18.2 Å². The minimum Gasteiger partial charge on any atom is -0.330 e. The first-order valence-corrected chi connectivity index (χ1v) is 6.13. The molecule has 0 aliphatic rings. The molecule has 0 heterocycles. The Hall–Kier alpha value is -1.63. The molecule has 1 aromatic carbocycles. The number of benzene rings is 1. The molecular weight excluding hydrogens is 276 g/mol. The fourth-order valence-electron chi connectivity index (χ4n) is 1.64. The average molecular weight is 292 g/mol. The van der Waals surface area contributed by atoms with Crippen molar-refractivity contribution < 1.29 is 22.4 Å². The van der Waals surface area contributed by atoms with E-state index in [-0.39, 0.29) is 11.6 Å². The highest BCUT2D eigenvalue weighted by Gasteiger charge is 2.34. The third-order valence-corrected chi connectivity index (χ3v) is 2.83. The predicted molar refractivity (Wildman–Crippen MR) is 67.5 cm³/mol. The van der Waals surface area contributed by atoms with Crippen molar-refractivity contribution in [3.8, 4) is 0 Å². The van der Waals surface area contributed by atoms with Crippen molar-refractivity contribution in [2.24, 2.45) is 11.7 Å². The normalized spacial score (nSPS) is 13.1. The molecule has 0 fully saturated rings. The van der Waals surface area contributed by atoms with E-state index >= 15 is 0 Å². The number of carbonyl (C=O) groups excluding carboxylic acids is 1. The van der Waals surface area contributed by atoms with Crippen LogP contribution in [0.4, 0.5) is 23.2 Å². The van der Waals surface area contributed by atoms with Crippen LogP contribution in [0.5, 0.6) is 0 Å². The first kappa shape index (κ1) is 16.4. The van der Waals surface area contributed by atoms with Gasteiger partial charge in [-0.3, -0.25) is 4.79 Å². The van der Waals surface area contributed by atoms with Crippen molar-refractivity contribution in [3.05, 3.63) is 29.6 Å². The summed E-state index contributed by atoms with van der Waals surface area (Å²) in [4.78, 5) is 11.7. The van der Waals surface area contributed by atoms with E-state index in [0.717, 1.165) is 6.07 Å². The maximum absolute atomic E-state index is 13.1. The molecule has 0 aliphatic heterocycles. The number of nitrogens with one attached hydrogen (secondary N) is 1. The van der Waals surface area contributed by atoms with Crippen LogP contribution in [0, 0.1) is 11.7 Å². The van der Waals surface area contributed by atoms with Gasteiger partial charge in [0, 0.05) is 11.6 Å². The lowest BCUT2D eigenvalue weighted by molar-refractivity contribution is -0.140. The summed E-state index contributed by atoms with van der Waals surface area (Å²) in [5.41, 5.74) is 3.84. The first-order valence-electron chi connectivity index (χ1n) is 6.13. The molecule has 1 amide bonds. The monoisotopic (exact) mass is 292 g/mol. The smallest absolute Gasteiger partial charge is 0.330 e. The third-order valence-electron chi connectivity index (χ3n) is 2.83. The van der Waals surface area contributed by atoms with Gasteiger partial charge in [-0.25, -0.2) is 4.39 Å². The molecule has 7 heteroatoms. The molecular formula is C13H16F4N2O. The number of nitrogens with two attached hydrogens (primary N) is 1. The Morgan fingerprint density at radius 1 is 1.40 bits per heavy atom. The highest BCUT2D eigenvalue weighted by Crippen LogP contribution is 2.33. The molecule has 1 atom stereocenters. The number of rotatable bonds is 5. The molecule has 0 aliphatic carbocycles. The second-order valence-electron chi connectivity index (χ2n) is 4.51. The van der Waals surface area contributed by atoms with E-state index in [4.69, 9.17) is 5.73 Å². The number of alkyl halides is 3.